The molecule has 0 N–H and O–H groups in total. The van der Waals surface area contributed by atoms with Gasteiger partial charge in [0.05, 0.1) is 5.60 Å². The Morgan fingerprint density at radius 3 is 2.41 bits per heavy atom. The second-order valence-corrected chi connectivity index (χ2v) is 4.72. The second kappa shape index (κ2) is 4.47. The van der Waals surface area contributed by atoms with Gasteiger partial charge in [0.15, 0.2) is 6.29 Å². The Bertz CT molecular complexity index is 417. The molecule has 17 heavy (non-hydrogen) atoms. The van der Waals surface area contributed by atoms with E-state index in [0.717, 1.165) is 11.1 Å². The van der Waals surface area contributed by atoms with Gasteiger partial charge in [0.1, 0.15) is 6.10 Å². The van der Waals surface area contributed by atoms with Gasteiger partial charge in [-0.3, -0.25) is 0 Å². The maximum absolute atomic E-state index is 5.76. The highest BCUT2D eigenvalue weighted by atomic mass is 16.8. The highest BCUT2D eigenvalue weighted by Gasteiger charge is 2.44. The van der Waals surface area contributed by atoms with Crippen molar-refractivity contribution < 1.29 is 9.47 Å². The standard InChI is InChI=1S/C15H18O2/c1-5-11-7-9-12(10-8-11)13-14(16-13)17-15(3,4)6-2/h5-10,13-14H,1-2H2,3-4H3. The first-order valence-electron chi connectivity index (χ1n) is 5.75. The monoisotopic (exact) mass is 230 g/mol. The summed E-state index contributed by atoms with van der Waals surface area (Å²) in [5.41, 5.74) is 1.90. The summed E-state index contributed by atoms with van der Waals surface area (Å²) in [6.07, 6.45) is 3.50. The fourth-order valence-corrected chi connectivity index (χ4v) is 1.59. The van der Waals surface area contributed by atoms with E-state index in [4.69, 9.17) is 9.47 Å². The zero-order valence-electron chi connectivity index (χ0n) is 10.3. The van der Waals surface area contributed by atoms with Crippen molar-refractivity contribution in [3.63, 3.8) is 0 Å². The minimum Gasteiger partial charge on any atom is -0.340 e. The van der Waals surface area contributed by atoms with E-state index in [-0.39, 0.29) is 18.0 Å². The average Bonchev–Trinajstić information content (AvgIpc) is 3.08. The van der Waals surface area contributed by atoms with Crippen LogP contribution in [-0.2, 0) is 9.47 Å². The van der Waals surface area contributed by atoms with Crippen LogP contribution in [0, 0.1) is 0 Å². The van der Waals surface area contributed by atoms with Crippen molar-refractivity contribution in [3.8, 4) is 0 Å². The molecule has 90 valence electrons. The number of ether oxygens (including phenoxy) is 2. The molecule has 0 aromatic heterocycles. The van der Waals surface area contributed by atoms with Crippen LogP contribution in [0.5, 0.6) is 0 Å². The first-order chi connectivity index (χ1) is 8.05. The molecule has 0 bridgehead atoms. The topological polar surface area (TPSA) is 21.8 Å². The summed E-state index contributed by atoms with van der Waals surface area (Å²) < 4.78 is 11.3. The maximum atomic E-state index is 5.76. The fourth-order valence-electron chi connectivity index (χ4n) is 1.59. The number of rotatable bonds is 5. The average molecular weight is 230 g/mol. The first kappa shape index (κ1) is 12.1. The molecule has 2 atom stereocenters. The summed E-state index contributed by atoms with van der Waals surface area (Å²) >= 11 is 0. The van der Waals surface area contributed by atoms with Gasteiger partial charge >= 0.3 is 0 Å². The second-order valence-electron chi connectivity index (χ2n) is 4.72. The lowest BCUT2D eigenvalue weighted by Gasteiger charge is -2.18. The van der Waals surface area contributed by atoms with Gasteiger partial charge in [-0.05, 0) is 25.0 Å². The number of benzene rings is 1. The van der Waals surface area contributed by atoms with Gasteiger partial charge in [-0.2, -0.15) is 0 Å². The SMILES string of the molecule is C=Cc1ccc(C2OC2OC(C)(C)C=C)cc1. The van der Waals surface area contributed by atoms with E-state index in [0.29, 0.717) is 0 Å². The number of hydrogen-bond donors (Lipinski definition) is 0. The van der Waals surface area contributed by atoms with Crippen molar-refractivity contribution in [2.75, 3.05) is 0 Å². The van der Waals surface area contributed by atoms with Gasteiger partial charge in [-0.15, -0.1) is 6.58 Å². The van der Waals surface area contributed by atoms with Crippen molar-refractivity contribution >= 4 is 6.08 Å². The summed E-state index contributed by atoms with van der Waals surface area (Å²) in [5, 5.41) is 0. The lowest BCUT2D eigenvalue weighted by Crippen LogP contribution is -2.22. The molecule has 1 aliphatic rings. The zero-order chi connectivity index (χ0) is 12.5. The largest absolute Gasteiger partial charge is 0.340 e. The van der Waals surface area contributed by atoms with Crippen LogP contribution in [0.1, 0.15) is 31.1 Å². The van der Waals surface area contributed by atoms with Crippen molar-refractivity contribution in [2.24, 2.45) is 0 Å². The van der Waals surface area contributed by atoms with Crippen LogP contribution in [0.3, 0.4) is 0 Å². The van der Waals surface area contributed by atoms with Gasteiger partial charge < -0.3 is 9.47 Å². The zero-order valence-corrected chi connectivity index (χ0v) is 10.3. The predicted octanol–water partition coefficient (Wildman–Crippen LogP) is 3.71. The molecule has 0 saturated carbocycles. The third-order valence-electron chi connectivity index (χ3n) is 2.86. The quantitative estimate of drug-likeness (QED) is 0.568. The fraction of sp³-hybridized carbons (Fsp3) is 0.333. The van der Waals surface area contributed by atoms with Crippen LogP contribution >= 0.6 is 0 Å². The highest BCUT2D eigenvalue weighted by molar-refractivity contribution is 5.47. The first-order valence-corrected chi connectivity index (χ1v) is 5.75. The summed E-state index contributed by atoms with van der Waals surface area (Å²) in [5.74, 6) is 0. The van der Waals surface area contributed by atoms with Gasteiger partial charge in [0.25, 0.3) is 0 Å². The van der Waals surface area contributed by atoms with Crippen LogP contribution in [0.25, 0.3) is 6.08 Å². The normalized spacial score (nSPS) is 23.2. The Hall–Kier alpha value is -1.38. The van der Waals surface area contributed by atoms with Gasteiger partial charge in [-0.1, -0.05) is 43.0 Å². The van der Waals surface area contributed by atoms with E-state index in [1.54, 1.807) is 6.08 Å². The minimum absolute atomic E-state index is 0.0492. The van der Waals surface area contributed by atoms with Crippen LogP contribution < -0.4 is 0 Å². The molecule has 0 aliphatic carbocycles. The summed E-state index contributed by atoms with van der Waals surface area (Å²) in [6, 6.07) is 8.15. The highest BCUT2D eigenvalue weighted by Crippen LogP contribution is 2.41. The summed E-state index contributed by atoms with van der Waals surface area (Å²) in [7, 11) is 0. The molecule has 1 saturated heterocycles. The van der Waals surface area contributed by atoms with Gasteiger partial charge in [-0.25, -0.2) is 0 Å². The lowest BCUT2D eigenvalue weighted by atomic mass is 10.1. The van der Waals surface area contributed by atoms with E-state index in [1.165, 1.54) is 0 Å². The lowest BCUT2D eigenvalue weighted by molar-refractivity contribution is -0.0388. The molecule has 1 aliphatic heterocycles. The van der Waals surface area contributed by atoms with Crippen LogP contribution in [0.15, 0.2) is 43.5 Å². The van der Waals surface area contributed by atoms with Crippen molar-refractivity contribution in [3.05, 3.63) is 54.6 Å². The minimum atomic E-state index is -0.347. The maximum Gasteiger partial charge on any atom is 0.190 e. The molecular formula is C15H18O2. The van der Waals surface area contributed by atoms with Gasteiger partial charge in [0.2, 0.25) is 0 Å². The number of epoxide rings is 1. The molecule has 0 radical (unpaired) electrons. The molecule has 2 unspecified atom stereocenters. The Morgan fingerprint density at radius 1 is 1.24 bits per heavy atom. The molecule has 0 amide bonds. The van der Waals surface area contributed by atoms with Crippen LogP contribution in [0.4, 0.5) is 0 Å². The van der Waals surface area contributed by atoms with E-state index in [9.17, 15) is 0 Å². The molecule has 1 fully saturated rings. The molecule has 2 rings (SSSR count). The Labute approximate surface area is 103 Å². The molecule has 2 nitrogen and oxygen atoms in total. The van der Waals surface area contributed by atoms with E-state index < -0.39 is 0 Å². The van der Waals surface area contributed by atoms with E-state index in [1.807, 2.05) is 44.2 Å². The van der Waals surface area contributed by atoms with Crippen molar-refractivity contribution in [1.29, 1.82) is 0 Å². The van der Waals surface area contributed by atoms with Crippen molar-refractivity contribution in [1.82, 2.24) is 0 Å². The molecule has 1 aromatic carbocycles. The van der Waals surface area contributed by atoms with Gasteiger partial charge in [0, 0.05) is 0 Å². The molecule has 0 spiro atoms. The number of hydrogen-bond acceptors (Lipinski definition) is 2. The van der Waals surface area contributed by atoms with Crippen LogP contribution in [0.2, 0.25) is 0 Å². The smallest absolute Gasteiger partial charge is 0.190 e. The van der Waals surface area contributed by atoms with E-state index >= 15 is 0 Å². The van der Waals surface area contributed by atoms with Crippen LogP contribution in [-0.4, -0.2) is 11.9 Å². The summed E-state index contributed by atoms with van der Waals surface area (Å²) in [4.78, 5) is 0. The Kier molecular flexibility index (Phi) is 3.18. The Balaban J connectivity index is 1.98. The Morgan fingerprint density at radius 2 is 1.88 bits per heavy atom. The molecule has 2 heteroatoms. The third-order valence-corrected chi connectivity index (χ3v) is 2.86. The third kappa shape index (κ3) is 2.84. The van der Waals surface area contributed by atoms with E-state index in [2.05, 4.69) is 13.2 Å². The predicted molar refractivity (Wildman–Crippen MR) is 69.5 cm³/mol. The molecule has 1 aromatic rings. The molecule has 1 heterocycles. The summed E-state index contributed by atoms with van der Waals surface area (Å²) in [6.45, 7) is 11.4. The van der Waals surface area contributed by atoms with Crippen molar-refractivity contribution in [2.45, 2.75) is 31.8 Å². The molecular weight excluding hydrogens is 212 g/mol.